The summed E-state index contributed by atoms with van der Waals surface area (Å²) in [6, 6.07) is 15.7. The molecule has 0 radical (unpaired) electrons. The van der Waals surface area contributed by atoms with Crippen molar-refractivity contribution in [2.75, 3.05) is 26.5 Å². The number of benzene rings is 2. The maximum absolute atomic E-state index is 13.0. The highest BCUT2D eigenvalue weighted by Crippen LogP contribution is 2.33. The number of amides is 1. The van der Waals surface area contributed by atoms with Crippen molar-refractivity contribution in [3.8, 4) is 17.2 Å². The smallest absolute Gasteiger partial charge is 0.233 e. The minimum absolute atomic E-state index is 0.114. The van der Waals surface area contributed by atoms with Crippen LogP contribution in [0.3, 0.4) is 0 Å². The Bertz CT molecular complexity index is 988. The van der Waals surface area contributed by atoms with Crippen molar-refractivity contribution in [1.82, 2.24) is 19.7 Å². The number of aromatic nitrogens is 3. The molecule has 8 heteroatoms. The molecule has 0 spiro atoms. The molecule has 3 aromatic rings. The van der Waals surface area contributed by atoms with Crippen LogP contribution in [0.2, 0.25) is 0 Å². The average molecular weight is 425 g/mol. The van der Waals surface area contributed by atoms with E-state index in [1.54, 1.807) is 20.5 Å². The van der Waals surface area contributed by atoms with Gasteiger partial charge in [-0.3, -0.25) is 9.36 Å². The van der Waals surface area contributed by atoms with Gasteiger partial charge in [0.15, 0.2) is 5.16 Å². The number of likely N-dealkylation sites (tertiary alicyclic amines) is 1. The fraction of sp³-hybridized carbons (Fsp3) is 0.318. The lowest BCUT2D eigenvalue weighted by atomic mass is 10.0. The number of hydrogen-bond donors (Lipinski definition) is 0. The molecule has 2 aromatic carbocycles. The Labute approximate surface area is 180 Å². The highest BCUT2D eigenvalue weighted by atomic mass is 32.2. The van der Waals surface area contributed by atoms with E-state index < -0.39 is 0 Å². The lowest BCUT2D eigenvalue weighted by molar-refractivity contribution is -0.129. The zero-order chi connectivity index (χ0) is 20.9. The topological polar surface area (TPSA) is 69.5 Å². The van der Waals surface area contributed by atoms with E-state index in [9.17, 15) is 4.79 Å². The third-order valence-electron chi connectivity index (χ3n) is 5.27. The van der Waals surface area contributed by atoms with Crippen LogP contribution >= 0.6 is 11.8 Å². The van der Waals surface area contributed by atoms with Crippen molar-refractivity contribution in [1.29, 1.82) is 0 Å². The van der Waals surface area contributed by atoms with Crippen molar-refractivity contribution in [3.63, 3.8) is 0 Å². The number of ether oxygens (including phenoxy) is 2. The Morgan fingerprint density at radius 2 is 1.73 bits per heavy atom. The number of nitrogens with zero attached hydrogens (tertiary/aromatic N) is 4. The molecule has 1 unspecified atom stereocenters. The Morgan fingerprint density at radius 1 is 1.07 bits per heavy atom. The van der Waals surface area contributed by atoms with E-state index in [0.717, 1.165) is 42.1 Å². The Kier molecular flexibility index (Phi) is 6.23. The van der Waals surface area contributed by atoms with Crippen LogP contribution in [0.5, 0.6) is 11.5 Å². The minimum Gasteiger partial charge on any atom is -0.497 e. The highest BCUT2D eigenvalue weighted by Gasteiger charge is 2.30. The summed E-state index contributed by atoms with van der Waals surface area (Å²) in [5.41, 5.74) is 2.07. The molecule has 0 aliphatic carbocycles. The van der Waals surface area contributed by atoms with Gasteiger partial charge in [0, 0.05) is 12.2 Å². The molecule has 1 aromatic heterocycles. The first kappa shape index (κ1) is 20.3. The van der Waals surface area contributed by atoms with Crippen molar-refractivity contribution in [2.24, 2.45) is 0 Å². The molecule has 0 N–H and O–H groups in total. The van der Waals surface area contributed by atoms with Gasteiger partial charge in [-0.15, -0.1) is 10.2 Å². The van der Waals surface area contributed by atoms with Gasteiger partial charge < -0.3 is 14.4 Å². The van der Waals surface area contributed by atoms with Crippen molar-refractivity contribution in [2.45, 2.75) is 24.0 Å². The van der Waals surface area contributed by atoms with Gasteiger partial charge in [-0.05, 0) is 54.8 Å². The lowest BCUT2D eigenvalue weighted by Crippen LogP contribution is -2.32. The molecule has 1 aliphatic rings. The van der Waals surface area contributed by atoms with E-state index in [2.05, 4.69) is 10.2 Å². The second-order valence-corrected chi connectivity index (χ2v) is 7.93. The van der Waals surface area contributed by atoms with E-state index in [1.807, 2.05) is 58.0 Å². The van der Waals surface area contributed by atoms with Crippen molar-refractivity contribution in [3.05, 3.63) is 60.4 Å². The predicted molar refractivity (Wildman–Crippen MR) is 115 cm³/mol. The molecule has 7 nitrogen and oxygen atoms in total. The zero-order valence-electron chi connectivity index (χ0n) is 17.0. The number of methoxy groups -OCH3 is 2. The molecule has 156 valence electrons. The number of carbonyl (C=O) groups excluding carboxylic acids is 1. The van der Waals surface area contributed by atoms with Crippen LogP contribution in [0.4, 0.5) is 0 Å². The highest BCUT2D eigenvalue weighted by molar-refractivity contribution is 7.99. The second-order valence-electron chi connectivity index (χ2n) is 6.99. The largest absolute Gasteiger partial charge is 0.497 e. The molecule has 1 saturated heterocycles. The van der Waals surface area contributed by atoms with E-state index >= 15 is 0 Å². The lowest BCUT2D eigenvalue weighted by Gasteiger charge is -2.25. The molecule has 2 heterocycles. The Morgan fingerprint density at radius 3 is 2.40 bits per heavy atom. The first-order valence-corrected chi connectivity index (χ1v) is 10.8. The standard InChI is InChI=1S/C22H24N4O3S/c1-28-18-9-5-16(6-10-18)20-4-3-13-25(20)21(27)14-30-22-24-23-15-26(22)17-7-11-19(29-2)12-8-17/h5-12,15,20H,3-4,13-14H2,1-2H3. The van der Waals surface area contributed by atoms with Gasteiger partial charge in [-0.25, -0.2) is 0 Å². The first-order chi connectivity index (χ1) is 14.7. The fourth-order valence-electron chi connectivity index (χ4n) is 3.69. The quantitative estimate of drug-likeness (QED) is 0.538. The van der Waals surface area contributed by atoms with Gasteiger partial charge >= 0.3 is 0 Å². The predicted octanol–water partition coefficient (Wildman–Crippen LogP) is 3.74. The molecular formula is C22H24N4O3S. The third-order valence-corrected chi connectivity index (χ3v) is 6.19. The summed E-state index contributed by atoms with van der Waals surface area (Å²) in [4.78, 5) is 15.0. The molecule has 1 atom stereocenters. The summed E-state index contributed by atoms with van der Waals surface area (Å²) in [6.07, 6.45) is 3.64. The van der Waals surface area contributed by atoms with E-state index in [0.29, 0.717) is 10.9 Å². The number of thioether (sulfide) groups is 1. The third kappa shape index (κ3) is 4.28. The number of rotatable bonds is 7. The van der Waals surface area contributed by atoms with Crippen molar-refractivity contribution >= 4 is 17.7 Å². The summed E-state index contributed by atoms with van der Waals surface area (Å²) in [5.74, 6) is 2.04. The molecule has 1 fully saturated rings. The van der Waals surface area contributed by atoms with Gasteiger partial charge in [-0.2, -0.15) is 0 Å². The van der Waals surface area contributed by atoms with Gasteiger partial charge in [0.2, 0.25) is 5.91 Å². The Balaban J connectivity index is 1.42. The monoisotopic (exact) mass is 424 g/mol. The van der Waals surface area contributed by atoms with Gasteiger partial charge in [-0.1, -0.05) is 23.9 Å². The van der Waals surface area contributed by atoms with Crippen LogP contribution in [-0.2, 0) is 4.79 Å². The summed E-state index contributed by atoms with van der Waals surface area (Å²) in [6.45, 7) is 0.779. The first-order valence-electron chi connectivity index (χ1n) is 9.80. The molecule has 4 rings (SSSR count). The molecule has 0 saturated carbocycles. The van der Waals surface area contributed by atoms with Gasteiger partial charge in [0.25, 0.3) is 0 Å². The van der Waals surface area contributed by atoms with Crippen molar-refractivity contribution < 1.29 is 14.3 Å². The summed E-state index contributed by atoms with van der Waals surface area (Å²) >= 11 is 1.40. The summed E-state index contributed by atoms with van der Waals surface area (Å²) in [7, 11) is 3.29. The maximum Gasteiger partial charge on any atom is 0.233 e. The minimum atomic E-state index is 0.114. The van der Waals surface area contributed by atoms with Crippen LogP contribution < -0.4 is 9.47 Å². The van der Waals surface area contributed by atoms with Crippen LogP contribution in [-0.4, -0.2) is 52.1 Å². The Hall–Kier alpha value is -3.00. The number of carbonyl (C=O) groups is 1. The number of hydrogen-bond acceptors (Lipinski definition) is 6. The van der Waals surface area contributed by atoms with E-state index in [4.69, 9.17) is 9.47 Å². The van der Waals surface area contributed by atoms with Crippen LogP contribution in [0, 0.1) is 0 Å². The van der Waals surface area contributed by atoms with Gasteiger partial charge in [0.1, 0.15) is 17.8 Å². The SMILES string of the molecule is COc1ccc(C2CCCN2C(=O)CSc2nncn2-c2ccc(OC)cc2)cc1. The van der Waals surface area contributed by atoms with Gasteiger partial charge in [0.05, 0.1) is 26.0 Å². The second kappa shape index (κ2) is 9.21. The molecular weight excluding hydrogens is 400 g/mol. The molecule has 1 aliphatic heterocycles. The van der Waals surface area contributed by atoms with E-state index in [1.165, 1.54) is 11.8 Å². The molecule has 0 bridgehead atoms. The summed E-state index contributed by atoms with van der Waals surface area (Å²) < 4.78 is 12.3. The van der Waals surface area contributed by atoms with E-state index in [-0.39, 0.29) is 11.9 Å². The fourth-order valence-corrected chi connectivity index (χ4v) is 4.50. The average Bonchev–Trinajstić information content (AvgIpc) is 3.47. The molecule has 1 amide bonds. The zero-order valence-corrected chi connectivity index (χ0v) is 17.8. The normalized spacial score (nSPS) is 15.9. The van der Waals surface area contributed by atoms with Crippen LogP contribution in [0.25, 0.3) is 5.69 Å². The molecule has 30 heavy (non-hydrogen) atoms. The van der Waals surface area contributed by atoms with Crippen LogP contribution in [0.1, 0.15) is 24.4 Å². The maximum atomic E-state index is 13.0. The van der Waals surface area contributed by atoms with Crippen LogP contribution in [0.15, 0.2) is 60.0 Å². The summed E-state index contributed by atoms with van der Waals surface area (Å²) in [5, 5.41) is 8.90.